The number of hydrogen-bond donors (Lipinski definition) is 1. The minimum absolute atomic E-state index is 0.456. The van der Waals surface area contributed by atoms with Crippen molar-refractivity contribution in [3.05, 3.63) is 60.9 Å². The Labute approximate surface area is 120 Å². The largest absolute Gasteiger partial charge is 0.422 e. The molecule has 0 atom stereocenters. The zero-order chi connectivity index (χ0) is 14.2. The van der Waals surface area contributed by atoms with Gasteiger partial charge in [0.2, 0.25) is 0 Å². The number of fused-ring (bicyclic) bond motifs is 1. The van der Waals surface area contributed by atoms with E-state index in [1.807, 2.05) is 54.7 Å². The molecule has 2 aromatic carbocycles. The van der Waals surface area contributed by atoms with Gasteiger partial charge in [-0.1, -0.05) is 24.3 Å². The molecule has 2 heterocycles. The van der Waals surface area contributed by atoms with Gasteiger partial charge >= 0.3 is 6.01 Å². The first kappa shape index (κ1) is 11.7. The zero-order valence-corrected chi connectivity index (χ0v) is 11.1. The van der Waals surface area contributed by atoms with Gasteiger partial charge in [-0.3, -0.25) is 0 Å². The lowest BCUT2D eigenvalue weighted by Crippen LogP contribution is -1.93. The first-order valence-electron chi connectivity index (χ1n) is 6.56. The monoisotopic (exact) mass is 276 g/mol. The van der Waals surface area contributed by atoms with Gasteiger partial charge in [-0.25, -0.2) is 0 Å². The Morgan fingerprint density at radius 1 is 0.952 bits per heavy atom. The van der Waals surface area contributed by atoms with Crippen LogP contribution in [0.5, 0.6) is 0 Å². The van der Waals surface area contributed by atoms with Crippen molar-refractivity contribution in [3.63, 3.8) is 0 Å². The molecule has 0 bridgehead atoms. The van der Waals surface area contributed by atoms with E-state index < -0.39 is 0 Å². The Kier molecular flexibility index (Phi) is 2.50. The van der Waals surface area contributed by atoms with Gasteiger partial charge in [0, 0.05) is 17.4 Å². The summed E-state index contributed by atoms with van der Waals surface area (Å²) >= 11 is 0. The molecular weight excluding hydrogens is 264 g/mol. The number of anilines is 1. The van der Waals surface area contributed by atoms with Crippen LogP contribution in [0.1, 0.15) is 0 Å². The summed E-state index contributed by atoms with van der Waals surface area (Å²) in [6, 6.07) is 15.8. The zero-order valence-electron chi connectivity index (χ0n) is 11.1. The van der Waals surface area contributed by atoms with Gasteiger partial charge < -0.3 is 10.2 Å². The molecule has 0 fully saturated rings. The number of oxazole rings is 1. The van der Waals surface area contributed by atoms with Crippen molar-refractivity contribution >= 4 is 16.8 Å². The van der Waals surface area contributed by atoms with E-state index in [2.05, 4.69) is 10.1 Å². The number of para-hydroxylation sites is 2. The summed E-state index contributed by atoms with van der Waals surface area (Å²) in [6.45, 7) is 0. The van der Waals surface area contributed by atoms with Crippen LogP contribution in [0.3, 0.4) is 0 Å². The average molecular weight is 276 g/mol. The topological polar surface area (TPSA) is 69.9 Å². The van der Waals surface area contributed by atoms with Crippen LogP contribution in [0.25, 0.3) is 28.2 Å². The SMILES string of the molecule is Nc1ccc(-c2cnn(-c3nc4ccccc4o3)c2)cc1. The molecule has 0 aliphatic heterocycles. The Bertz CT molecular complexity index is 872. The van der Waals surface area contributed by atoms with Gasteiger partial charge in [0.15, 0.2) is 5.58 Å². The molecule has 0 spiro atoms. The third kappa shape index (κ3) is 2.04. The standard InChI is InChI=1S/C16H12N4O/c17-13-7-5-11(6-8-13)12-9-18-20(10-12)16-19-14-3-1-2-4-15(14)21-16/h1-10H,17H2. The molecule has 2 N–H and O–H groups in total. The lowest BCUT2D eigenvalue weighted by Gasteiger charge is -1.97. The Morgan fingerprint density at radius 3 is 2.57 bits per heavy atom. The van der Waals surface area contributed by atoms with Crippen molar-refractivity contribution in [1.82, 2.24) is 14.8 Å². The molecule has 0 amide bonds. The predicted molar refractivity (Wildman–Crippen MR) is 81.0 cm³/mol. The highest BCUT2D eigenvalue weighted by Gasteiger charge is 2.09. The molecule has 4 rings (SSSR count). The third-order valence-corrected chi connectivity index (χ3v) is 3.31. The van der Waals surface area contributed by atoms with E-state index in [4.69, 9.17) is 10.2 Å². The predicted octanol–water partition coefficient (Wildman–Crippen LogP) is 3.26. The molecule has 102 valence electrons. The van der Waals surface area contributed by atoms with Gasteiger partial charge in [0.25, 0.3) is 0 Å². The van der Waals surface area contributed by atoms with E-state index in [0.29, 0.717) is 6.01 Å². The first-order chi connectivity index (χ1) is 10.3. The van der Waals surface area contributed by atoms with Gasteiger partial charge in [0.05, 0.1) is 6.20 Å². The highest BCUT2D eigenvalue weighted by Crippen LogP contribution is 2.22. The quantitative estimate of drug-likeness (QED) is 0.570. The average Bonchev–Trinajstić information content (AvgIpc) is 3.14. The minimum Gasteiger partial charge on any atom is -0.422 e. The van der Waals surface area contributed by atoms with Crippen molar-refractivity contribution in [2.45, 2.75) is 0 Å². The number of nitrogens with zero attached hydrogens (tertiary/aromatic N) is 3. The Morgan fingerprint density at radius 2 is 1.76 bits per heavy atom. The summed E-state index contributed by atoms with van der Waals surface area (Å²) in [5.74, 6) is 0. The van der Waals surface area contributed by atoms with E-state index in [1.54, 1.807) is 10.9 Å². The van der Waals surface area contributed by atoms with Crippen molar-refractivity contribution < 1.29 is 4.42 Å². The highest BCUT2D eigenvalue weighted by atomic mass is 16.4. The van der Waals surface area contributed by atoms with E-state index in [0.717, 1.165) is 27.9 Å². The molecule has 21 heavy (non-hydrogen) atoms. The van der Waals surface area contributed by atoms with Crippen molar-refractivity contribution in [1.29, 1.82) is 0 Å². The van der Waals surface area contributed by atoms with Gasteiger partial charge in [-0.2, -0.15) is 14.8 Å². The Balaban J connectivity index is 1.75. The normalized spacial score (nSPS) is 11.0. The maximum Gasteiger partial charge on any atom is 0.323 e. The second kappa shape index (κ2) is 4.49. The second-order valence-electron chi connectivity index (χ2n) is 4.76. The second-order valence-corrected chi connectivity index (χ2v) is 4.76. The van der Waals surface area contributed by atoms with Crippen LogP contribution in [-0.4, -0.2) is 14.8 Å². The lowest BCUT2D eigenvalue weighted by molar-refractivity contribution is 0.543. The summed E-state index contributed by atoms with van der Waals surface area (Å²) in [5, 5.41) is 4.31. The van der Waals surface area contributed by atoms with Crippen molar-refractivity contribution in [2.24, 2.45) is 0 Å². The molecule has 5 heteroatoms. The van der Waals surface area contributed by atoms with Crippen LogP contribution < -0.4 is 5.73 Å². The fraction of sp³-hybridized carbons (Fsp3) is 0. The Hall–Kier alpha value is -3.08. The fourth-order valence-corrected chi connectivity index (χ4v) is 2.21. The molecule has 0 radical (unpaired) electrons. The fourth-order valence-electron chi connectivity index (χ4n) is 2.21. The highest BCUT2D eigenvalue weighted by molar-refractivity contribution is 5.73. The van der Waals surface area contributed by atoms with Crippen LogP contribution in [0, 0.1) is 0 Å². The van der Waals surface area contributed by atoms with Crippen LogP contribution in [0.15, 0.2) is 65.3 Å². The van der Waals surface area contributed by atoms with Crippen LogP contribution in [-0.2, 0) is 0 Å². The summed E-state index contributed by atoms with van der Waals surface area (Å²) in [6.07, 6.45) is 3.66. The minimum atomic E-state index is 0.456. The van der Waals surface area contributed by atoms with E-state index >= 15 is 0 Å². The van der Waals surface area contributed by atoms with Crippen LogP contribution >= 0.6 is 0 Å². The van der Waals surface area contributed by atoms with Crippen molar-refractivity contribution in [3.8, 4) is 17.1 Å². The van der Waals surface area contributed by atoms with Crippen LogP contribution in [0.2, 0.25) is 0 Å². The maximum atomic E-state index is 5.70. The number of benzene rings is 2. The van der Waals surface area contributed by atoms with Gasteiger partial charge in [-0.15, -0.1) is 0 Å². The van der Waals surface area contributed by atoms with E-state index in [9.17, 15) is 0 Å². The molecular formula is C16H12N4O. The van der Waals surface area contributed by atoms with Crippen LogP contribution in [0.4, 0.5) is 5.69 Å². The maximum absolute atomic E-state index is 5.70. The third-order valence-electron chi connectivity index (χ3n) is 3.31. The molecule has 2 aromatic heterocycles. The summed E-state index contributed by atoms with van der Waals surface area (Å²) in [5.41, 5.74) is 10.0. The van der Waals surface area contributed by atoms with Gasteiger partial charge in [0.1, 0.15) is 5.52 Å². The molecule has 5 nitrogen and oxygen atoms in total. The van der Waals surface area contributed by atoms with E-state index in [-0.39, 0.29) is 0 Å². The summed E-state index contributed by atoms with van der Waals surface area (Å²) < 4.78 is 7.32. The molecule has 0 aliphatic rings. The number of aromatic nitrogens is 3. The molecule has 0 aliphatic carbocycles. The molecule has 4 aromatic rings. The van der Waals surface area contributed by atoms with E-state index in [1.165, 1.54) is 0 Å². The number of nitrogens with two attached hydrogens (primary N) is 1. The number of nitrogen functional groups attached to an aromatic ring is 1. The smallest absolute Gasteiger partial charge is 0.323 e. The van der Waals surface area contributed by atoms with Gasteiger partial charge in [-0.05, 0) is 29.8 Å². The molecule has 0 saturated carbocycles. The lowest BCUT2D eigenvalue weighted by atomic mass is 10.1. The number of hydrogen-bond acceptors (Lipinski definition) is 4. The first-order valence-corrected chi connectivity index (χ1v) is 6.56. The molecule has 0 unspecified atom stereocenters. The summed E-state index contributed by atoms with van der Waals surface area (Å²) in [7, 11) is 0. The molecule has 0 saturated heterocycles. The van der Waals surface area contributed by atoms with Crippen molar-refractivity contribution in [2.75, 3.05) is 5.73 Å². The number of rotatable bonds is 2. The summed E-state index contributed by atoms with van der Waals surface area (Å²) in [4.78, 5) is 4.42.